The summed E-state index contributed by atoms with van der Waals surface area (Å²) in [6.45, 7) is 4.48. The molecule has 4 nitrogen and oxygen atoms in total. The van der Waals surface area contributed by atoms with Gasteiger partial charge in [-0.15, -0.1) is 0 Å². The van der Waals surface area contributed by atoms with Crippen molar-refractivity contribution in [3.05, 3.63) is 119 Å². The van der Waals surface area contributed by atoms with Crippen molar-refractivity contribution in [3.8, 4) is 33.8 Å². The molecule has 1 saturated heterocycles. The predicted molar refractivity (Wildman–Crippen MR) is 161 cm³/mol. The summed E-state index contributed by atoms with van der Waals surface area (Å²) in [7, 11) is 0. The van der Waals surface area contributed by atoms with Crippen molar-refractivity contribution in [1.82, 2.24) is 0 Å². The zero-order valence-electron chi connectivity index (χ0n) is 25.5. The molecular weight excluding hydrogens is 629 g/mol. The SMILES string of the molecule is C/C=C/CCC1COC(c2ccc(-c3ccc(-c4cc(F)c(C(F)(F)Oc5cc(F)c(OCC)c(F)c5)c(F)c4)c(F)c3)cc2)OC1. The molecule has 4 aromatic rings. The van der Waals surface area contributed by atoms with Gasteiger partial charge in [-0.2, -0.15) is 8.78 Å². The fraction of sp³-hybridized carbons (Fsp3) is 0.278. The molecule has 47 heavy (non-hydrogen) atoms. The van der Waals surface area contributed by atoms with Gasteiger partial charge in [0.2, 0.25) is 0 Å². The van der Waals surface area contributed by atoms with Crippen LogP contribution in [0.15, 0.2) is 78.9 Å². The molecule has 4 aromatic carbocycles. The average molecular weight is 661 g/mol. The molecule has 1 fully saturated rings. The number of allylic oxidation sites excluding steroid dienone is 2. The monoisotopic (exact) mass is 660 g/mol. The smallest absolute Gasteiger partial charge is 0.432 e. The van der Waals surface area contributed by atoms with Gasteiger partial charge >= 0.3 is 6.11 Å². The molecule has 0 spiro atoms. The molecular formula is C36H31F7O4. The number of alkyl halides is 2. The maximum absolute atomic E-state index is 15.2. The summed E-state index contributed by atoms with van der Waals surface area (Å²) in [4.78, 5) is 0. The lowest BCUT2D eigenvalue weighted by Gasteiger charge is -2.29. The Morgan fingerprint density at radius 2 is 1.36 bits per heavy atom. The minimum atomic E-state index is -4.69. The molecule has 0 radical (unpaired) electrons. The van der Waals surface area contributed by atoms with Gasteiger partial charge in [0.25, 0.3) is 0 Å². The van der Waals surface area contributed by atoms with Crippen LogP contribution in [0.4, 0.5) is 30.7 Å². The second-order valence-corrected chi connectivity index (χ2v) is 10.9. The van der Waals surface area contributed by atoms with Crippen molar-refractivity contribution in [3.63, 3.8) is 0 Å². The molecule has 0 aliphatic carbocycles. The highest BCUT2D eigenvalue weighted by Crippen LogP contribution is 2.39. The summed E-state index contributed by atoms with van der Waals surface area (Å²) in [5, 5.41) is 0. The maximum atomic E-state index is 15.2. The van der Waals surface area contributed by atoms with Gasteiger partial charge < -0.3 is 18.9 Å². The molecule has 0 aromatic heterocycles. The minimum absolute atomic E-state index is 0.103. The lowest BCUT2D eigenvalue weighted by molar-refractivity contribution is -0.205. The van der Waals surface area contributed by atoms with Crippen LogP contribution in [0, 0.1) is 35.0 Å². The van der Waals surface area contributed by atoms with E-state index >= 15 is 4.39 Å². The normalized spacial score (nSPS) is 16.9. The first-order chi connectivity index (χ1) is 22.5. The van der Waals surface area contributed by atoms with E-state index in [4.69, 9.17) is 14.2 Å². The number of hydrogen-bond acceptors (Lipinski definition) is 4. The standard InChI is InChI=1S/C36H31F7O4/c1-3-5-6-7-21-19-45-35(46-20-21)23-10-8-22(9-11-23)24-12-13-27(28(37)14-24)25-15-29(38)33(30(39)16-25)36(42,43)47-26-17-31(40)34(44-4-2)32(41)18-26/h3,5,8-18,21,35H,4,6-7,19-20H2,1-2H3/b5-3+. The first kappa shape index (κ1) is 34.0. The summed E-state index contributed by atoms with van der Waals surface area (Å²) in [5.74, 6) is -8.60. The van der Waals surface area contributed by atoms with E-state index in [2.05, 4.69) is 10.8 Å². The third-order valence-electron chi connectivity index (χ3n) is 7.58. The van der Waals surface area contributed by atoms with Crippen molar-refractivity contribution in [1.29, 1.82) is 0 Å². The molecule has 0 amide bonds. The van der Waals surface area contributed by atoms with Crippen LogP contribution in [0.2, 0.25) is 0 Å². The Morgan fingerprint density at radius 1 is 0.766 bits per heavy atom. The van der Waals surface area contributed by atoms with Crippen LogP contribution < -0.4 is 9.47 Å². The molecule has 0 N–H and O–H groups in total. The number of rotatable bonds is 11. The quantitative estimate of drug-likeness (QED) is 0.119. The second-order valence-electron chi connectivity index (χ2n) is 10.9. The number of benzene rings is 4. The highest BCUT2D eigenvalue weighted by Gasteiger charge is 2.41. The largest absolute Gasteiger partial charge is 0.488 e. The van der Waals surface area contributed by atoms with Crippen LogP contribution in [-0.4, -0.2) is 19.8 Å². The molecule has 5 rings (SSSR count). The van der Waals surface area contributed by atoms with Gasteiger partial charge in [0, 0.05) is 29.2 Å². The summed E-state index contributed by atoms with van der Waals surface area (Å²) in [5.41, 5.74) is -0.522. The van der Waals surface area contributed by atoms with Crippen molar-refractivity contribution in [2.24, 2.45) is 5.92 Å². The van der Waals surface area contributed by atoms with Crippen LogP contribution >= 0.6 is 0 Å². The Kier molecular flexibility index (Phi) is 10.6. The molecule has 1 aliphatic rings. The van der Waals surface area contributed by atoms with E-state index in [-0.39, 0.29) is 17.7 Å². The van der Waals surface area contributed by atoms with Gasteiger partial charge in [-0.3, -0.25) is 0 Å². The molecule has 0 bridgehead atoms. The van der Waals surface area contributed by atoms with Gasteiger partial charge in [0.15, 0.2) is 23.7 Å². The molecule has 0 saturated carbocycles. The van der Waals surface area contributed by atoms with Crippen molar-refractivity contribution in [2.75, 3.05) is 19.8 Å². The highest BCUT2D eigenvalue weighted by molar-refractivity contribution is 5.71. The number of ether oxygens (including phenoxy) is 4. The van der Waals surface area contributed by atoms with E-state index < -0.39 is 58.5 Å². The third kappa shape index (κ3) is 7.80. The Labute approximate surface area is 267 Å². The summed E-state index contributed by atoms with van der Waals surface area (Å²) < 4.78 is 124. The van der Waals surface area contributed by atoms with Gasteiger partial charge in [-0.25, -0.2) is 22.0 Å². The zero-order valence-corrected chi connectivity index (χ0v) is 25.5. The molecule has 1 aliphatic heterocycles. The third-order valence-corrected chi connectivity index (χ3v) is 7.58. The van der Waals surface area contributed by atoms with Crippen molar-refractivity contribution in [2.45, 2.75) is 39.1 Å². The second kappa shape index (κ2) is 14.6. The molecule has 0 atom stereocenters. The van der Waals surface area contributed by atoms with Gasteiger partial charge in [-0.1, -0.05) is 48.6 Å². The zero-order chi connectivity index (χ0) is 33.7. The fourth-order valence-electron chi connectivity index (χ4n) is 5.25. The van der Waals surface area contributed by atoms with Gasteiger partial charge in [-0.05, 0) is 61.6 Å². The van der Waals surface area contributed by atoms with E-state index in [0.717, 1.165) is 24.5 Å². The predicted octanol–water partition coefficient (Wildman–Crippen LogP) is 10.3. The van der Waals surface area contributed by atoms with Crippen LogP contribution in [0.1, 0.15) is 44.1 Å². The Morgan fingerprint density at radius 3 is 1.94 bits per heavy atom. The van der Waals surface area contributed by atoms with E-state index in [1.165, 1.54) is 19.1 Å². The Hall–Kier alpha value is -4.35. The average Bonchev–Trinajstić information content (AvgIpc) is 3.02. The van der Waals surface area contributed by atoms with Crippen LogP contribution in [-0.2, 0) is 15.6 Å². The first-order valence-electron chi connectivity index (χ1n) is 14.9. The Balaban J connectivity index is 1.30. The minimum Gasteiger partial charge on any atom is -0.488 e. The number of hydrogen-bond donors (Lipinski definition) is 0. The van der Waals surface area contributed by atoms with Gasteiger partial charge in [0.05, 0.1) is 19.8 Å². The Bertz CT molecular complexity index is 1690. The van der Waals surface area contributed by atoms with E-state index in [0.29, 0.717) is 54.5 Å². The fourth-order valence-corrected chi connectivity index (χ4v) is 5.25. The number of halogens is 7. The highest BCUT2D eigenvalue weighted by atomic mass is 19.3. The molecule has 1 heterocycles. The van der Waals surface area contributed by atoms with E-state index in [9.17, 15) is 26.3 Å². The lowest BCUT2D eigenvalue weighted by Crippen LogP contribution is -2.27. The van der Waals surface area contributed by atoms with E-state index in [1.807, 2.05) is 13.0 Å². The molecule has 248 valence electrons. The summed E-state index contributed by atoms with van der Waals surface area (Å²) >= 11 is 0. The maximum Gasteiger partial charge on any atom is 0.432 e. The topological polar surface area (TPSA) is 36.9 Å². The van der Waals surface area contributed by atoms with E-state index in [1.54, 1.807) is 24.3 Å². The summed E-state index contributed by atoms with van der Waals surface area (Å²) in [6.07, 6.45) is 0.836. The van der Waals surface area contributed by atoms with Crippen LogP contribution in [0.3, 0.4) is 0 Å². The molecule has 0 unspecified atom stereocenters. The summed E-state index contributed by atoms with van der Waals surface area (Å²) in [6, 6.07) is 12.9. The van der Waals surface area contributed by atoms with Crippen molar-refractivity contribution < 1.29 is 49.7 Å². The molecule has 11 heteroatoms. The van der Waals surface area contributed by atoms with Crippen LogP contribution in [0.25, 0.3) is 22.3 Å². The van der Waals surface area contributed by atoms with Crippen LogP contribution in [0.5, 0.6) is 11.5 Å². The van der Waals surface area contributed by atoms with Gasteiger partial charge in [0.1, 0.15) is 28.8 Å². The lowest BCUT2D eigenvalue weighted by atomic mass is 9.97. The van der Waals surface area contributed by atoms with Crippen molar-refractivity contribution >= 4 is 0 Å². The first-order valence-corrected chi connectivity index (χ1v) is 14.9.